The summed E-state index contributed by atoms with van der Waals surface area (Å²) >= 11 is 1.75. The molecule has 4 rings (SSSR count). The molecule has 0 saturated carbocycles. The third kappa shape index (κ3) is 5.45. The van der Waals surface area contributed by atoms with E-state index in [9.17, 15) is 5.11 Å². The number of nitrogens with one attached hydrogen (secondary N) is 1. The number of hydrogen-bond acceptors (Lipinski definition) is 6. The van der Waals surface area contributed by atoms with E-state index < -0.39 is 0 Å². The molecule has 1 unspecified atom stereocenters. The summed E-state index contributed by atoms with van der Waals surface area (Å²) in [4.78, 5) is 7.44. The molecule has 1 aliphatic heterocycles. The first-order chi connectivity index (χ1) is 15.7. The molecule has 0 amide bonds. The van der Waals surface area contributed by atoms with Gasteiger partial charge in [0.1, 0.15) is 0 Å². The van der Waals surface area contributed by atoms with Gasteiger partial charge in [-0.15, -0.1) is 11.3 Å². The van der Waals surface area contributed by atoms with Crippen LogP contribution in [-0.4, -0.2) is 53.6 Å². The highest BCUT2D eigenvalue weighted by atomic mass is 32.1. The smallest absolute Gasteiger partial charge is 0.185 e. The zero-order chi connectivity index (χ0) is 23.6. The summed E-state index contributed by atoms with van der Waals surface area (Å²) in [6, 6.07) is 7.50. The second kappa shape index (κ2) is 10.0. The average Bonchev–Trinajstić information content (AvgIpc) is 3.30. The molecule has 1 aromatic heterocycles. The molecule has 1 aliphatic carbocycles. The molecule has 1 saturated heterocycles. The van der Waals surface area contributed by atoms with Crippen LogP contribution >= 0.6 is 11.3 Å². The van der Waals surface area contributed by atoms with Crippen molar-refractivity contribution in [3.05, 3.63) is 34.7 Å². The van der Waals surface area contributed by atoms with Crippen LogP contribution in [0.15, 0.2) is 23.6 Å². The van der Waals surface area contributed by atoms with Crippen molar-refractivity contribution < 1.29 is 10.2 Å². The Morgan fingerprint density at radius 1 is 1.09 bits per heavy atom. The van der Waals surface area contributed by atoms with E-state index >= 15 is 0 Å². The van der Waals surface area contributed by atoms with Crippen molar-refractivity contribution in [2.75, 3.05) is 31.2 Å². The summed E-state index contributed by atoms with van der Waals surface area (Å²) in [6.07, 6.45) is 6.10. The van der Waals surface area contributed by atoms with Crippen LogP contribution in [0.5, 0.6) is 0 Å². The minimum Gasteiger partial charge on any atom is -0.396 e. The Labute approximate surface area is 203 Å². The predicted molar refractivity (Wildman–Crippen MR) is 138 cm³/mol. The molecule has 2 aromatic rings. The summed E-state index contributed by atoms with van der Waals surface area (Å²) < 4.78 is 0. The lowest BCUT2D eigenvalue weighted by molar-refractivity contribution is 0.202. The van der Waals surface area contributed by atoms with Gasteiger partial charge in [-0.2, -0.15) is 0 Å². The van der Waals surface area contributed by atoms with Crippen molar-refractivity contribution in [2.45, 2.75) is 89.1 Å². The number of thiazole rings is 1. The summed E-state index contributed by atoms with van der Waals surface area (Å²) in [6.45, 7) is 11.8. The van der Waals surface area contributed by atoms with E-state index in [0.717, 1.165) is 49.6 Å². The number of fused-ring (bicyclic) bond motifs is 1. The highest BCUT2D eigenvalue weighted by Gasteiger charge is 2.37. The van der Waals surface area contributed by atoms with Gasteiger partial charge in [0.25, 0.3) is 0 Å². The third-order valence-electron chi connectivity index (χ3n) is 7.81. The van der Waals surface area contributed by atoms with Crippen LogP contribution in [0.25, 0.3) is 11.3 Å². The lowest BCUT2D eigenvalue weighted by Crippen LogP contribution is -2.47. The molecule has 1 atom stereocenters. The molecule has 33 heavy (non-hydrogen) atoms. The number of rotatable bonds is 8. The minimum atomic E-state index is 0.0819. The van der Waals surface area contributed by atoms with Gasteiger partial charge < -0.3 is 20.4 Å². The number of anilines is 1. The Morgan fingerprint density at radius 2 is 1.79 bits per heavy atom. The average molecular weight is 472 g/mol. The molecule has 1 fully saturated rings. The van der Waals surface area contributed by atoms with E-state index in [1.54, 1.807) is 11.3 Å². The lowest BCUT2D eigenvalue weighted by atomic mass is 9.63. The highest BCUT2D eigenvalue weighted by Crippen LogP contribution is 2.47. The van der Waals surface area contributed by atoms with Crippen molar-refractivity contribution in [3.8, 4) is 11.3 Å². The molecular formula is C27H41N3O2S. The molecule has 6 heteroatoms. The second-order valence-electron chi connectivity index (χ2n) is 11.2. The quantitative estimate of drug-likeness (QED) is 0.513. The zero-order valence-electron chi connectivity index (χ0n) is 20.7. The number of aliphatic hydroxyl groups excluding tert-OH is 2. The summed E-state index contributed by atoms with van der Waals surface area (Å²) in [5.41, 5.74) is 5.74. The maximum absolute atomic E-state index is 9.60. The first-order valence-corrected chi connectivity index (χ1v) is 13.4. The Hall–Kier alpha value is -1.47. The summed E-state index contributed by atoms with van der Waals surface area (Å²) in [5.74, 6) is 0. The van der Waals surface area contributed by atoms with Crippen molar-refractivity contribution >= 4 is 16.5 Å². The first-order valence-electron chi connectivity index (χ1n) is 12.6. The van der Waals surface area contributed by atoms with Gasteiger partial charge in [0.05, 0.1) is 12.3 Å². The van der Waals surface area contributed by atoms with Gasteiger partial charge in [-0.05, 0) is 66.5 Å². The normalized spacial score (nSPS) is 21.1. The minimum absolute atomic E-state index is 0.0819. The monoisotopic (exact) mass is 471 g/mol. The fourth-order valence-corrected chi connectivity index (χ4v) is 6.31. The van der Waals surface area contributed by atoms with Crippen LogP contribution in [0.2, 0.25) is 0 Å². The topological polar surface area (TPSA) is 68.6 Å². The summed E-state index contributed by atoms with van der Waals surface area (Å²) in [5, 5.41) is 25.5. The lowest BCUT2D eigenvalue weighted by Gasteiger charge is -2.42. The van der Waals surface area contributed by atoms with Crippen molar-refractivity contribution in [3.63, 3.8) is 0 Å². The molecule has 182 valence electrons. The molecular weight excluding hydrogens is 430 g/mol. The van der Waals surface area contributed by atoms with Gasteiger partial charge in [0.2, 0.25) is 0 Å². The van der Waals surface area contributed by atoms with Gasteiger partial charge in [0, 0.05) is 42.7 Å². The van der Waals surface area contributed by atoms with E-state index in [2.05, 4.69) is 61.5 Å². The Balaban J connectivity index is 1.42. The number of piperidine rings is 1. The SMILES string of the molecule is CC1(C)CCC(C)(C)c2cc(-c3csc(N4CCC(NC(CO)CCCO)CC4)n3)ccc21. The van der Waals surface area contributed by atoms with Gasteiger partial charge in [-0.25, -0.2) is 4.98 Å². The van der Waals surface area contributed by atoms with Gasteiger partial charge in [-0.1, -0.05) is 39.8 Å². The Morgan fingerprint density at radius 3 is 2.45 bits per heavy atom. The van der Waals surface area contributed by atoms with Crippen LogP contribution in [0.3, 0.4) is 0 Å². The summed E-state index contributed by atoms with van der Waals surface area (Å²) in [7, 11) is 0. The molecule has 2 heterocycles. The van der Waals surface area contributed by atoms with E-state index in [4.69, 9.17) is 10.1 Å². The van der Waals surface area contributed by atoms with Crippen LogP contribution in [0.1, 0.15) is 77.3 Å². The molecule has 5 nitrogen and oxygen atoms in total. The van der Waals surface area contributed by atoms with Crippen molar-refractivity contribution in [2.24, 2.45) is 0 Å². The van der Waals surface area contributed by atoms with Crippen LogP contribution in [0, 0.1) is 0 Å². The van der Waals surface area contributed by atoms with Gasteiger partial charge in [0.15, 0.2) is 5.13 Å². The Bertz CT molecular complexity index is 931. The first kappa shape index (κ1) is 24.6. The molecule has 0 radical (unpaired) electrons. The van der Waals surface area contributed by atoms with Gasteiger partial charge >= 0.3 is 0 Å². The fraction of sp³-hybridized carbons (Fsp3) is 0.667. The van der Waals surface area contributed by atoms with Crippen LogP contribution < -0.4 is 10.2 Å². The van der Waals surface area contributed by atoms with E-state index in [1.165, 1.54) is 29.5 Å². The van der Waals surface area contributed by atoms with E-state index in [1.807, 2.05) is 0 Å². The van der Waals surface area contributed by atoms with Gasteiger partial charge in [-0.3, -0.25) is 0 Å². The van der Waals surface area contributed by atoms with Crippen molar-refractivity contribution in [1.82, 2.24) is 10.3 Å². The second-order valence-corrected chi connectivity index (χ2v) is 12.1. The highest BCUT2D eigenvalue weighted by molar-refractivity contribution is 7.14. The maximum atomic E-state index is 9.60. The number of aromatic nitrogens is 1. The molecule has 0 bridgehead atoms. The van der Waals surface area contributed by atoms with Crippen LogP contribution in [0.4, 0.5) is 5.13 Å². The fourth-order valence-electron chi connectivity index (χ4n) is 5.43. The number of aliphatic hydroxyl groups is 2. The maximum Gasteiger partial charge on any atom is 0.185 e. The Kier molecular flexibility index (Phi) is 7.49. The molecule has 0 spiro atoms. The van der Waals surface area contributed by atoms with Crippen LogP contribution in [-0.2, 0) is 10.8 Å². The van der Waals surface area contributed by atoms with E-state index in [-0.39, 0.29) is 30.1 Å². The third-order valence-corrected chi connectivity index (χ3v) is 8.71. The standard InChI is InChI=1S/C27H41N3O2S/c1-26(2)11-12-27(3,4)23-16-19(7-8-22(23)26)24-18-33-25(29-24)30-13-9-20(10-14-30)28-21(17-32)6-5-15-31/h7-8,16,18,20-21,28,31-32H,5-6,9-15,17H2,1-4H3. The molecule has 2 aliphatic rings. The van der Waals surface area contributed by atoms with Crippen molar-refractivity contribution in [1.29, 1.82) is 0 Å². The number of nitrogens with zero attached hydrogens (tertiary/aromatic N) is 2. The number of benzene rings is 1. The molecule has 1 aromatic carbocycles. The molecule has 3 N–H and O–H groups in total. The largest absolute Gasteiger partial charge is 0.396 e. The zero-order valence-corrected chi connectivity index (χ0v) is 21.5. The predicted octanol–water partition coefficient (Wildman–Crippen LogP) is 4.85. The van der Waals surface area contributed by atoms with E-state index in [0.29, 0.717) is 6.04 Å². The number of hydrogen-bond donors (Lipinski definition) is 3.